The van der Waals surface area contributed by atoms with Gasteiger partial charge in [0, 0.05) is 13.5 Å². The van der Waals surface area contributed by atoms with Crippen LogP contribution < -0.4 is 0 Å². The molecule has 2 nitrogen and oxygen atoms in total. The number of alkyl halides is 3. The summed E-state index contributed by atoms with van der Waals surface area (Å²) in [5.74, 6) is 0. The van der Waals surface area contributed by atoms with Crippen molar-refractivity contribution in [1.82, 2.24) is 0 Å². The number of halogens is 3. The van der Waals surface area contributed by atoms with Crippen molar-refractivity contribution in [3.63, 3.8) is 0 Å². The molecule has 112 valence electrons. The van der Waals surface area contributed by atoms with Gasteiger partial charge in [-0.15, -0.1) is 0 Å². The van der Waals surface area contributed by atoms with Gasteiger partial charge in [0.25, 0.3) is 0 Å². The van der Waals surface area contributed by atoms with E-state index in [-0.39, 0.29) is 6.42 Å². The Balaban J connectivity index is 2.13. The zero-order valence-corrected chi connectivity index (χ0v) is 11.4. The first-order valence-electron chi connectivity index (χ1n) is 6.77. The van der Waals surface area contributed by atoms with E-state index in [2.05, 4.69) is 0 Å². The van der Waals surface area contributed by atoms with E-state index in [1.165, 1.54) is 6.07 Å². The maximum Gasteiger partial charge on any atom is 0.416 e. The lowest BCUT2D eigenvalue weighted by Crippen LogP contribution is -2.42. The summed E-state index contributed by atoms with van der Waals surface area (Å²) in [6.45, 7) is 0. The van der Waals surface area contributed by atoms with E-state index in [1.807, 2.05) is 0 Å². The summed E-state index contributed by atoms with van der Waals surface area (Å²) in [6.07, 6.45) is -1.49. The monoisotopic (exact) mass is 288 g/mol. The van der Waals surface area contributed by atoms with Crippen LogP contribution in [0.3, 0.4) is 0 Å². The summed E-state index contributed by atoms with van der Waals surface area (Å²) in [5, 5.41) is 10.3. The van der Waals surface area contributed by atoms with Crippen LogP contribution in [0.4, 0.5) is 13.2 Å². The molecule has 1 atom stereocenters. The van der Waals surface area contributed by atoms with Crippen molar-refractivity contribution in [3.05, 3.63) is 35.4 Å². The molecule has 0 radical (unpaired) electrons. The van der Waals surface area contributed by atoms with Gasteiger partial charge in [-0.1, -0.05) is 31.0 Å². The summed E-state index contributed by atoms with van der Waals surface area (Å²) in [4.78, 5) is 0. The highest BCUT2D eigenvalue weighted by Crippen LogP contribution is 2.37. The Bertz CT molecular complexity index is 451. The van der Waals surface area contributed by atoms with E-state index in [0.29, 0.717) is 5.56 Å². The van der Waals surface area contributed by atoms with Gasteiger partial charge in [-0.05, 0) is 24.5 Å². The third-order valence-electron chi connectivity index (χ3n) is 4.15. The third kappa shape index (κ3) is 3.15. The van der Waals surface area contributed by atoms with Crippen LogP contribution in [0.2, 0.25) is 0 Å². The molecule has 0 saturated heterocycles. The van der Waals surface area contributed by atoms with Gasteiger partial charge in [0.2, 0.25) is 0 Å². The second-order valence-electron chi connectivity index (χ2n) is 5.39. The van der Waals surface area contributed by atoms with Gasteiger partial charge in [-0.2, -0.15) is 13.2 Å². The summed E-state index contributed by atoms with van der Waals surface area (Å²) >= 11 is 0. The predicted octanol–water partition coefficient (Wildman–Crippen LogP) is 3.57. The van der Waals surface area contributed by atoms with Crippen LogP contribution in [0.25, 0.3) is 0 Å². The maximum absolute atomic E-state index is 12.7. The van der Waals surface area contributed by atoms with Crippen LogP contribution in [-0.4, -0.2) is 23.9 Å². The molecule has 1 N–H and O–H groups in total. The van der Waals surface area contributed by atoms with E-state index in [9.17, 15) is 18.3 Å². The number of aliphatic hydroxyl groups is 1. The quantitative estimate of drug-likeness (QED) is 0.918. The van der Waals surface area contributed by atoms with Gasteiger partial charge >= 0.3 is 6.18 Å². The molecule has 1 aliphatic carbocycles. The molecule has 1 saturated carbocycles. The van der Waals surface area contributed by atoms with Crippen molar-refractivity contribution in [3.8, 4) is 0 Å². The lowest BCUT2D eigenvalue weighted by atomic mass is 9.89. The van der Waals surface area contributed by atoms with Crippen molar-refractivity contribution in [1.29, 1.82) is 0 Å². The van der Waals surface area contributed by atoms with E-state index in [0.717, 1.165) is 37.8 Å². The molecule has 1 unspecified atom stereocenters. The van der Waals surface area contributed by atoms with Crippen LogP contribution >= 0.6 is 0 Å². The fraction of sp³-hybridized carbons (Fsp3) is 0.600. The van der Waals surface area contributed by atoms with Crippen molar-refractivity contribution in [2.75, 3.05) is 7.11 Å². The molecule has 1 aliphatic rings. The zero-order valence-electron chi connectivity index (χ0n) is 11.4. The molecule has 1 aromatic carbocycles. The smallest absolute Gasteiger partial charge is 0.390 e. The topological polar surface area (TPSA) is 29.5 Å². The van der Waals surface area contributed by atoms with Gasteiger partial charge < -0.3 is 9.84 Å². The highest BCUT2D eigenvalue weighted by molar-refractivity contribution is 5.26. The first-order valence-corrected chi connectivity index (χ1v) is 6.77. The fourth-order valence-electron chi connectivity index (χ4n) is 2.93. The Morgan fingerprint density at radius 1 is 1.30 bits per heavy atom. The molecule has 1 aromatic rings. The van der Waals surface area contributed by atoms with Crippen molar-refractivity contribution >= 4 is 0 Å². The summed E-state index contributed by atoms with van der Waals surface area (Å²) in [6, 6.07) is 5.12. The largest absolute Gasteiger partial charge is 0.416 e. The minimum absolute atomic E-state index is 0.178. The normalized spacial score (nSPS) is 20.1. The first-order chi connectivity index (χ1) is 9.37. The van der Waals surface area contributed by atoms with Crippen LogP contribution in [0.1, 0.15) is 36.8 Å². The van der Waals surface area contributed by atoms with Gasteiger partial charge in [0.05, 0.1) is 17.3 Å². The average molecular weight is 288 g/mol. The molecule has 0 aliphatic heterocycles. The van der Waals surface area contributed by atoms with E-state index in [1.54, 1.807) is 13.2 Å². The second kappa shape index (κ2) is 5.74. The molecule has 0 spiro atoms. The van der Waals surface area contributed by atoms with Crippen molar-refractivity contribution in [2.24, 2.45) is 0 Å². The Hall–Kier alpha value is -1.07. The molecule has 0 amide bonds. The van der Waals surface area contributed by atoms with Gasteiger partial charge in [0.1, 0.15) is 0 Å². The molecule has 2 rings (SSSR count). The Morgan fingerprint density at radius 2 is 1.95 bits per heavy atom. The number of hydrogen-bond donors (Lipinski definition) is 1. The van der Waals surface area contributed by atoms with Gasteiger partial charge in [-0.25, -0.2) is 0 Å². The van der Waals surface area contributed by atoms with Crippen LogP contribution in [-0.2, 0) is 17.3 Å². The Kier molecular flexibility index (Phi) is 4.39. The van der Waals surface area contributed by atoms with E-state index < -0.39 is 23.4 Å². The molecule has 5 heteroatoms. The molecule has 0 bridgehead atoms. The fourth-order valence-corrected chi connectivity index (χ4v) is 2.93. The summed E-state index contributed by atoms with van der Waals surface area (Å²) in [7, 11) is 1.56. The average Bonchev–Trinajstić information content (AvgIpc) is 2.88. The summed E-state index contributed by atoms with van der Waals surface area (Å²) in [5.41, 5.74) is -0.801. The second-order valence-corrected chi connectivity index (χ2v) is 5.39. The first kappa shape index (κ1) is 15.3. The van der Waals surface area contributed by atoms with Crippen LogP contribution in [0, 0.1) is 0 Å². The minimum atomic E-state index is -4.35. The number of rotatable bonds is 4. The lowest BCUT2D eigenvalue weighted by molar-refractivity contribution is -0.137. The number of hydrogen-bond acceptors (Lipinski definition) is 2. The number of ether oxygens (including phenoxy) is 1. The minimum Gasteiger partial charge on any atom is -0.390 e. The Labute approximate surface area is 116 Å². The van der Waals surface area contributed by atoms with Crippen LogP contribution in [0.5, 0.6) is 0 Å². The molecule has 1 fully saturated rings. The molecule has 0 aromatic heterocycles. The molecular weight excluding hydrogens is 269 g/mol. The number of benzene rings is 1. The van der Waals surface area contributed by atoms with Crippen molar-refractivity contribution < 1.29 is 23.0 Å². The molecular formula is C15H19F3O2. The van der Waals surface area contributed by atoms with E-state index >= 15 is 0 Å². The highest BCUT2D eigenvalue weighted by Gasteiger charge is 2.40. The number of methoxy groups -OCH3 is 1. The van der Waals surface area contributed by atoms with Crippen LogP contribution in [0.15, 0.2) is 24.3 Å². The maximum atomic E-state index is 12.7. The lowest BCUT2D eigenvalue weighted by Gasteiger charge is -2.33. The standard InChI is InChI=1S/C15H19F3O2/c1-20-14(7-2-3-8-14)13(19)10-11-5-4-6-12(9-11)15(16,17)18/h4-6,9,13,19H,2-3,7-8,10H2,1H3. The van der Waals surface area contributed by atoms with Gasteiger partial charge in [0.15, 0.2) is 0 Å². The van der Waals surface area contributed by atoms with Crippen molar-refractivity contribution in [2.45, 2.75) is 50.0 Å². The zero-order chi connectivity index (χ0) is 14.8. The third-order valence-corrected chi connectivity index (χ3v) is 4.15. The molecule has 0 heterocycles. The highest BCUT2D eigenvalue weighted by atomic mass is 19.4. The SMILES string of the molecule is COC1(C(O)Cc2cccc(C(F)(F)F)c2)CCCC1. The van der Waals surface area contributed by atoms with Gasteiger partial charge in [-0.3, -0.25) is 0 Å². The van der Waals surface area contributed by atoms with E-state index in [4.69, 9.17) is 4.74 Å². The predicted molar refractivity (Wildman–Crippen MR) is 69.4 cm³/mol. The molecule has 20 heavy (non-hydrogen) atoms. The number of aliphatic hydroxyl groups excluding tert-OH is 1. The Morgan fingerprint density at radius 3 is 2.50 bits per heavy atom. The summed E-state index contributed by atoms with van der Waals surface area (Å²) < 4.78 is 43.4.